The number of nitrogens with zero attached hydrogens (tertiary/aromatic N) is 1. The molecule has 13 rings (SSSR count). The van der Waals surface area contributed by atoms with Crippen LogP contribution < -0.4 is 4.90 Å². The number of benzene rings is 11. The second kappa shape index (κ2) is 14.1. The van der Waals surface area contributed by atoms with Gasteiger partial charge in [0.15, 0.2) is 5.58 Å². The van der Waals surface area contributed by atoms with Crippen LogP contribution >= 0.6 is 0 Å². The van der Waals surface area contributed by atoms with Crippen LogP contribution in [-0.4, -0.2) is 0 Å². The zero-order valence-corrected chi connectivity index (χ0v) is 34.1. The van der Waals surface area contributed by atoms with Crippen LogP contribution in [0.2, 0.25) is 0 Å². The van der Waals surface area contributed by atoms with Crippen molar-refractivity contribution in [2.75, 3.05) is 4.90 Å². The molecule has 2 heterocycles. The first kappa shape index (κ1) is 35.4. The zero-order valence-electron chi connectivity index (χ0n) is 34.1. The molecule has 0 aliphatic rings. The van der Waals surface area contributed by atoms with Crippen molar-refractivity contribution in [3.05, 3.63) is 224 Å². The SMILES string of the molecule is c1ccc(-c2ccc(-c3ccc(N(c4ccc(-c5cccc6ccccc56)cc4)c4ccc5ccc6ccccc6c5c4)c4oc5ccccc5c34)c3c2oc2ccccc23)cc1. The molecule has 0 saturated heterocycles. The normalized spacial score (nSPS) is 11.8. The lowest BCUT2D eigenvalue weighted by Crippen LogP contribution is -2.10. The van der Waals surface area contributed by atoms with Crippen LogP contribution in [0.15, 0.2) is 233 Å². The predicted octanol–water partition coefficient (Wildman–Crippen LogP) is 17.4. The van der Waals surface area contributed by atoms with Crippen molar-refractivity contribution >= 4 is 93.3 Å². The summed E-state index contributed by atoms with van der Waals surface area (Å²) in [6, 6.07) is 80.3. The van der Waals surface area contributed by atoms with Crippen LogP contribution in [0.1, 0.15) is 0 Å². The number of hydrogen-bond donors (Lipinski definition) is 0. The maximum atomic E-state index is 7.08. The van der Waals surface area contributed by atoms with Gasteiger partial charge in [-0.15, -0.1) is 0 Å². The Kier molecular flexibility index (Phi) is 7.91. The van der Waals surface area contributed by atoms with E-state index in [4.69, 9.17) is 8.83 Å². The molecular weight excluding hydrogens is 767 g/mol. The van der Waals surface area contributed by atoms with E-state index in [0.717, 1.165) is 83.2 Å². The number of para-hydroxylation sites is 2. The van der Waals surface area contributed by atoms with E-state index in [1.54, 1.807) is 0 Å². The van der Waals surface area contributed by atoms with E-state index in [1.165, 1.54) is 43.4 Å². The van der Waals surface area contributed by atoms with E-state index < -0.39 is 0 Å². The Morgan fingerprint density at radius 2 is 0.794 bits per heavy atom. The molecule has 0 radical (unpaired) electrons. The molecule has 0 bridgehead atoms. The Balaban J connectivity index is 1.07. The highest BCUT2D eigenvalue weighted by molar-refractivity contribution is 6.23. The molecule has 11 aromatic carbocycles. The van der Waals surface area contributed by atoms with Crippen molar-refractivity contribution in [3.63, 3.8) is 0 Å². The molecule has 0 amide bonds. The van der Waals surface area contributed by atoms with Gasteiger partial charge in [-0.25, -0.2) is 0 Å². The van der Waals surface area contributed by atoms with Gasteiger partial charge >= 0.3 is 0 Å². The van der Waals surface area contributed by atoms with E-state index in [2.05, 4.69) is 223 Å². The van der Waals surface area contributed by atoms with Gasteiger partial charge in [0.25, 0.3) is 0 Å². The standard InChI is InChI=1S/C60H37NO2/c1-2-13-39(14-3-1)48-33-34-49(57-51-20-8-10-23-55(51)62-59(48)57)50-35-36-54(60-58(50)52-21-9-11-24-56(52)63-60)61(44-32-29-42-26-25-40-16-5-7-19-47(40)53(42)37-44)43-30-27-41(28-31-43)46-22-12-17-38-15-4-6-18-45(38)46/h1-37H. The average Bonchev–Trinajstić information content (AvgIpc) is 3.94. The summed E-state index contributed by atoms with van der Waals surface area (Å²) in [6.07, 6.45) is 0. The van der Waals surface area contributed by atoms with Crippen molar-refractivity contribution in [2.45, 2.75) is 0 Å². The van der Waals surface area contributed by atoms with Crippen molar-refractivity contribution in [1.29, 1.82) is 0 Å². The minimum absolute atomic E-state index is 0.818. The van der Waals surface area contributed by atoms with Crippen LogP contribution in [0.25, 0.3) is 110 Å². The molecule has 0 unspecified atom stereocenters. The van der Waals surface area contributed by atoms with E-state index in [1.807, 2.05) is 6.07 Å². The molecule has 63 heavy (non-hydrogen) atoms. The quantitative estimate of drug-likeness (QED) is 0.157. The molecule has 0 fully saturated rings. The van der Waals surface area contributed by atoms with Gasteiger partial charge in [0.05, 0.1) is 5.69 Å². The third-order valence-corrected chi connectivity index (χ3v) is 12.9. The van der Waals surface area contributed by atoms with Crippen LogP contribution in [0.3, 0.4) is 0 Å². The number of anilines is 3. The van der Waals surface area contributed by atoms with Crippen molar-refractivity contribution < 1.29 is 8.83 Å². The van der Waals surface area contributed by atoms with Crippen molar-refractivity contribution in [3.8, 4) is 33.4 Å². The highest BCUT2D eigenvalue weighted by Gasteiger charge is 2.25. The fraction of sp³-hybridized carbons (Fsp3) is 0. The molecule has 0 aliphatic carbocycles. The summed E-state index contributed by atoms with van der Waals surface area (Å²) in [5.41, 5.74) is 13.2. The molecule has 2 aromatic heterocycles. The first-order valence-corrected chi connectivity index (χ1v) is 21.5. The van der Waals surface area contributed by atoms with Crippen LogP contribution in [-0.2, 0) is 0 Å². The van der Waals surface area contributed by atoms with Gasteiger partial charge in [0.2, 0.25) is 0 Å². The third-order valence-electron chi connectivity index (χ3n) is 12.9. The lowest BCUT2D eigenvalue weighted by Gasteiger charge is -2.27. The molecule has 0 saturated carbocycles. The number of furan rings is 2. The van der Waals surface area contributed by atoms with Gasteiger partial charge in [0, 0.05) is 38.5 Å². The molecule has 3 nitrogen and oxygen atoms in total. The van der Waals surface area contributed by atoms with E-state index in [0.29, 0.717) is 0 Å². The van der Waals surface area contributed by atoms with E-state index in [9.17, 15) is 0 Å². The molecule has 3 heteroatoms. The first-order valence-electron chi connectivity index (χ1n) is 21.5. The predicted molar refractivity (Wildman–Crippen MR) is 265 cm³/mol. The van der Waals surface area contributed by atoms with Gasteiger partial charge in [-0.1, -0.05) is 176 Å². The summed E-state index contributed by atoms with van der Waals surface area (Å²) >= 11 is 0. The highest BCUT2D eigenvalue weighted by atomic mass is 16.3. The number of hydrogen-bond acceptors (Lipinski definition) is 3. The largest absolute Gasteiger partial charge is 0.455 e. The van der Waals surface area contributed by atoms with E-state index in [-0.39, 0.29) is 0 Å². The summed E-state index contributed by atoms with van der Waals surface area (Å²) in [7, 11) is 0. The lowest BCUT2D eigenvalue weighted by atomic mass is 9.92. The van der Waals surface area contributed by atoms with Gasteiger partial charge in [-0.3, -0.25) is 0 Å². The van der Waals surface area contributed by atoms with Crippen molar-refractivity contribution in [1.82, 2.24) is 0 Å². The first-order chi connectivity index (χ1) is 31.2. The van der Waals surface area contributed by atoms with Crippen LogP contribution in [0, 0.1) is 0 Å². The van der Waals surface area contributed by atoms with Crippen LogP contribution in [0.5, 0.6) is 0 Å². The molecule has 13 aromatic rings. The fourth-order valence-electron chi connectivity index (χ4n) is 9.94. The van der Waals surface area contributed by atoms with Gasteiger partial charge in [0.1, 0.15) is 16.7 Å². The molecule has 0 spiro atoms. The smallest absolute Gasteiger partial charge is 0.160 e. The topological polar surface area (TPSA) is 29.5 Å². The lowest BCUT2D eigenvalue weighted by molar-refractivity contribution is 0.669. The monoisotopic (exact) mass is 803 g/mol. The summed E-state index contributed by atoms with van der Waals surface area (Å²) in [4.78, 5) is 2.37. The summed E-state index contributed by atoms with van der Waals surface area (Å²) in [5, 5.41) is 11.6. The Morgan fingerprint density at radius 1 is 0.286 bits per heavy atom. The second-order valence-electron chi connectivity index (χ2n) is 16.4. The summed E-state index contributed by atoms with van der Waals surface area (Å²) in [6.45, 7) is 0. The maximum absolute atomic E-state index is 7.08. The summed E-state index contributed by atoms with van der Waals surface area (Å²) < 4.78 is 13.8. The van der Waals surface area contributed by atoms with Gasteiger partial charge in [-0.2, -0.15) is 0 Å². The molecule has 0 aliphatic heterocycles. The molecule has 0 N–H and O–H groups in total. The van der Waals surface area contributed by atoms with Crippen LogP contribution in [0.4, 0.5) is 17.1 Å². The van der Waals surface area contributed by atoms with Crippen molar-refractivity contribution in [2.24, 2.45) is 0 Å². The minimum Gasteiger partial charge on any atom is -0.455 e. The van der Waals surface area contributed by atoms with E-state index >= 15 is 0 Å². The Bertz CT molecular complexity index is 3910. The molecular formula is C60H37NO2. The Labute approximate surface area is 363 Å². The minimum atomic E-state index is 0.818. The highest BCUT2D eigenvalue weighted by Crippen LogP contribution is 2.50. The maximum Gasteiger partial charge on any atom is 0.160 e. The van der Waals surface area contributed by atoms with Gasteiger partial charge in [-0.05, 0) is 109 Å². The third kappa shape index (κ3) is 5.60. The second-order valence-corrected chi connectivity index (χ2v) is 16.4. The fourth-order valence-corrected chi connectivity index (χ4v) is 9.94. The Morgan fingerprint density at radius 3 is 1.54 bits per heavy atom. The average molecular weight is 804 g/mol. The Hall–Kier alpha value is -8.40. The molecule has 0 atom stereocenters. The number of rotatable bonds is 6. The number of fused-ring (bicyclic) bond motifs is 10. The van der Waals surface area contributed by atoms with Gasteiger partial charge < -0.3 is 13.7 Å². The zero-order chi connectivity index (χ0) is 41.4. The molecule has 294 valence electrons. The summed E-state index contributed by atoms with van der Waals surface area (Å²) in [5.74, 6) is 0.